The summed E-state index contributed by atoms with van der Waals surface area (Å²) in [6.07, 6.45) is -1.26. The van der Waals surface area contributed by atoms with Crippen LogP contribution in [0.4, 0.5) is 0 Å². The van der Waals surface area contributed by atoms with Gasteiger partial charge in [0.1, 0.15) is 47.8 Å². The number of carboxylic acids is 2. The van der Waals surface area contributed by atoms with E-state index in [-0.39, 0.29) is 56.6 Å². The van der Waals surface area contributed by atoms with Gasteiger partial charge in [-0.25, -0.2) is 4.79 Å². The van der Waals surface area contributed by atoms with Crippen LogP contribution in [-0.2, 0) is 72.0 Å². The molecule has 75 heavy (non-hydrogen) atoms. The van der Waals surface area contributed by atoms with Crippen molar-refractivity contribution in [2.45, 2.75) is 100 Å². The molecular weight excluding hydrogens is 983 g/mol. The first kappa shape index (κ1) is 56.8. The molecule has 4 aromatic rings. The van der Waals surface area contributed by atoms with Crippen LogP contribution in [0.1, 0.15) is 55.2 Å². The largest absolute Gasteiger partial charge is 0.508 e. The minimum atomic E-state index is -1.90. The Balaban J connectivity index is 1.27. The average Bonchev–Trinajstić information content (AvgIpc) is 4.02. The highest BCUT2D eigenvalue weighted by molar-refractivity contribution is 5.99. The van der Waals surface area contributed by atoms with Gasteiger partial charge in [-0.2, -0.15) is 0 Å². The number of nitrogens with zero attached hydrogens (tertiary/aromatic N) is 1. The van der Waals surface area contributed by atoms with E-state index >= 15 is 0 Å². The van der Waals surface area contributed by atoms with Gasteiger partial charge >= 0.3 is 11.9 Å². The van der Waals surface area contributed by atoms with E-state index in [1.54, 1.807) is 12.3 Å². The van der Waals surface area contributed by atoms with E-state index in [1.807, 2.05) is 18.2 Å². The molecule has 1 aliphatic heterocycles. The first-order valence-corrected chi connectivity index (χ1v) is 23.5. The molecule has 400 valence electrons. The van der Waals surface area contributed by atoms with Gasteiger partial charge in [-0.3, -0.25) is 47.9 Å². The molecule has 9 amide bonds. The topological polar surface area (TPSA) is 438 Å². The minimum Gasteiger partial charge on any atom is -0.508 e. The van der Waals surface area contributed by atoms with Crippen molar-refractivity contribution in [1.82, 2.24) is 41.8 Å². The molecule has 3 aromatic carbocycles. The number of para-hydroxylation sites is 1. The Morgan fingerprint density at radius 3 is 1.83 bits per heavy atom. The number of rotatable bonds is 27. The first-order valence-electron chi connectivity index (χ1n) is 23.5. The van der Waals surface area contributed by atoms with Crippen LogP contribution in [0, 0.1) is 0 Å². The first-order chi connectivity index (χ1) is 35.6. The van der Waals surface area contributed by atoms with E-state index in [9.17, 15) is 73.2 Å². The minimum absolute atomic E-state index is 0.0368. The smallest absolute Gasteiger partial charge is 0.326 e. The van der Waals surface area contributed by atoms with Crippen molar-refractivity contribution in [2.24, 2.45) is 17.2 Å². The van der Waals surface area contributed by atoms with Gasteiger partial charge in [-0.05, 0) is 72.7 Å². The number of H-pyrrole nitrogens is 1. The van der Waals surface area contributed by atoms with E-state index in [0.717, 1.165) is 15.8 Å². The molecule has 26 heteroatoms. The molecule has 7 atom stereocenters. The predicted octanol–water partition coefficient (Wildman–Crippen LogP) is -2.83. The van der Waals surface area contributed by atoms with Gasteiger partial charge in [-0.15, -0.1) is 0 Å². The number of nitrogens with two attached hydrogens (primary N) is 3. The van der Waals surface area contributed by atoms with Gasteiger partial charge in [0.15, 0.2) is 0 Å². The SMILES string of the molecule is NC(=O)CC[C@@H](NC(=O)[C@H](N)Cc1c[nH]c2ccccc12)C(=O)N[C@H](CC(N)=O)C(=O)N1CCC[C@H]1C(=O)N[C@H](CC(=O)O)C(=O)N[C@H](Cc1ccc(O)cc1)C(=O)NCC(=O)N[C@H](Cc1ccc(O)cc1)C(=O)O. The van der Waals surface area contributed by atoms with Gasteiger partial charge in [0.2, 0.25) is 53.2 Å². The number of hydrogen-bond acceptors (Lipinski definition) is 14. The van der Waals surface area contributed by atoms with E-state index in [2.05, 4.69) is 36.9 Å². The van der Waals surface area contributed by atoms with E-state index in [4.69, 9.17) is 17.2 Å². The third-order valence-electron chi connectivity index (χ3n) is 12.1. The number of aromatic hydroxyl groups is 2. The van der Waals surface area contributed by atoms with Crippen LogP contribution in [-0.4, -0.2) is 151 Å². The molecule has 0 saturated carbocycles. The number of aromatic amines is 1. The zero-order valence-electron chi connectivity index (χ0n) is 40.3. The van der Waals surface area contributed by atoms with Crippen LogP contribution in [0.25, 0.3) is 10.9 Å². The maximum atomic E-state index is 14.2. The average molecular weight is 1040 g/mol. The summed E-state index contributed by atoms with van der Waals surface area (Å²) in [6, 6.07) is 7.40. The Kier molecular flexibility index (Phi) is 20.1. The van der Waals surface area contributed by atoms with Crippen molar-refractivity contribution < 1.29 is 73.2 Å². The van der Waals surface area contributed by atoms with Crippen LogP contribution >= 0.6 is 0 Å². The summed E-state index contributed by atoms with van der Waals surface area (Å²) in [4.78, 5) is 148. The van der Waals surface area contributed by atoms with Gasteiger partial charge < -0.3 is 79.4 Å². The quantitative estimate of drug-likeness (QED) is 0.0286. The second kappa shape index (κ2) is 26.6. The highest BCUT2D eigenvalue weighted by atomic mass is 16.4. The van der Waals surface area contributed by atoms with Crippen molar-refractivity contribution in [3.05, 3.63) is 95.7 Å². The molecule has 0 spiro atoms. The zero-order valence-corrected chi connectivity index (χ0v) is 40.3. The van der Waals surface area contributed by atoms with Crippen molar-refractivity contribution in [3.8, 4) is 11.5 Å². The number of carbonyl (C=O) groups excluding carboxylic acids is 9. The standard InChI is InChI=1S/C49H59N11O15/c50-31(20-27-23-53-32-5-2-1-4-30(27)32)43(68)56-33(15-16-39(51)63)45(70)59-36(21-40(52)64)48(73)60-17-3-6-38(60)47(72)58-35(22-42(66)67)46(71)57-34(18-25-7-11-28(61)12-8-25)44(69)54-24-41(65)55-37(49(74)75)19-26-9-13-29(62)14-10-26/h1-2,4-5,7-14,23,31,33-38,53,61-62H,3,6,15-22,24,50H2,(H2,51,63)(H2,52,64)(H,54,69)(H,55,65)(H,56,68)(H,57,71)(H,58,72)(H,59,70)(H,66,67)(H,74,75)/t31-,33-,34-,35-,36-,37-,38+/m1/s1. The number of aromatic nitrogens is 1. The number of benzene rings is 3. The number of fused-ring (bicyclic) bond motifs is 1. The molecule has 5 rings (SSSR count). The summed E-state index contributed by atoms with van der Waals surface area (Å²) in [5, 5.41) is 53.8. The fraction of sp³-hybridized carbons (Fsp3) is 0.367. The number of nitrogens with one attached hydrogen (secondary N) is 7. The zero-order chi connectivity index (χ0) is 54.9. The highest BCUT2D eigenvalue weighted by Gasteiger charge is 2.41. The normalized spacial score (nSPS) is 15.4. The van der Waals surface area contributed by atoms with Crippen molar-refractivity contribution in [2.75, 3.05) is 13.1 Å². The lowest BCUT2D eigenvalue weighted by atomic mass is 10.0. The number of carbonyl (C=O) groups is 11. The number of phenols is 2. The van der Waals surface area contributed by atoms with Gasteiger partial charge in [0.05, 0.1) is 25.4 Å². The maximum Gasteiger partial charge on any atom is 0.326 e. The summed E-state index contributed by atoms with van der Waals surface area (Å²) in [7, 11) is 0. The lowest BCUT2D eigenvalue weighted by Gasteiger charge is -2.30. The van der Waals surface area contributed by atoms with Crippen LogP contribution in [0.3, 0.4) is 0 Å². The Morgan fingerprint density at radius 2 is 1.23 bits per heavy atom. The lowest BCUT2D eigenvalue weighted by Crippen LogP contribution is -2.60. The fourth-order valence-corrected chi connectivity index (χ4v) is 8.25. The highest BCUT2D eigenvalue weighted by Crippen LogP contribution is 2.22. The Labute approximate surface area is 427 Å². The number of hydrogen-bond donors (Lipinski definition) is 14. The summed E-state index contributed by atoms with van der Waals surface area (Å²) in [5.74, 6) is -12.1. The van der Waals surface area contributed by atoms with Gasteiger partial charge in [0, 0.05) is 42.9 Å². The molecule has 26 nitrogen and oxygen atoms in total. The number of aliphatic carboxylic acids is 2. The van der Waals surface area contributed by atoms with Crippen molar-refractivity contribution in [1.29, 1.82) is 0 Å². The fourth-order valence-electron chi connectivity index (χ4n) is 8.25. The summed E-state index contributed by atoms with van der Waals surface area (Å²) >= 11 is 0. The molecule has 1 saturated heterocycles. The van der Waals surface area contributed by atoms with Gasteiger partial charge in [0.25, 0.3) is 0 Å². The molecule has 1 aliphatic rings. The van der Waals surface area contributed by atoms with E-state index in [0.29, 0.717) is 16.7 Å². The monoisotopic (exact) mass is 1040 g/mol. The predicted molar refractivity (Wildman–Crippen MR) is 263 cm³/mol. The molecule has 0 radical (unpaired) electrons. The van der Waals surface area contributed by atoms with E-state index in [1.165, 1.54) is 48.5 Å². The molecular formula is C49H59N11O15. The summed E-state index contributed by atoms with van der Waals surface area (Å²) in [6.45, 7) is -0.920. The number of amides is 9. The molecule has 1 fully saturated rings. The van der Waals surface area contributed by atoms with Crippen LogP contribution in [0.15, 0.2) is 79.0 Å². The van der Waals surface area contributed by atoms with Gasteiger partial charge in [-0.1, -0.05) is 42.5 Å². The third kappa shape index (κ3) is 17.0. The van der Waals surface area contributed by atoms with Crippen LogP contribution in [0.2, 0.25) is 0 Å². The number of likely N-dealkylation sites (tertiary alicyclic amines) is 1. The molecule has 1 aromatic heterocycles. The number of primary amides is 2. The van der Waals surface area contributed by atoms with Crippen LogP contribution in [0.5, 0.6) is 11.5 Å². The van der Waals surface area contributed by atoms with Crippen LogP contribution < -0.4 is 49.1 Å². The van der Waals surface area contributed by atoms with Crippen molar-refractivity contribution in [3.63, 3.8) is 0 Å². The molecule has 0 bridgehead atoms. The molecule has 0 unspecified atom stereocenters. The number of phenolic OH excluding ortho intramolecular Hbond substituents is 2. The summed E-state index contributed by atoms with van der Waals surface area (Å²) in [5.41, 5.74) is 19.4. The second-order valence-corrected chi connectivity index (χ2v) is 17.8. The molecule has 0 aliphatic carbocycles. The van der Waals surface area contributed by atoms with E-state index < -0.39 is 133 Å². The molecule has 2 heterocycles. The third-order valence-corrected chi connectivity index (χ3v) is 12.1. The Hall–Kier alpha value is -9.07. The second-order valence-electron chi connectivity index (χ2n) is 17.8. The molecule has 17 N–H and O–H groups in total. The maximum absolute atomic E-state index is 14.2. The Morgan fingerprint density at radius 1 is 0.640 bits per heavy atom. The summed E-state index contributed by atoms with van der Waals surface area (Å²) < 4.78 is 0. The lowest BCUT2D eigenvalue weighted by molar-refractivity contribution is -0.144. The van der Waals surface area contributed by atoms with Crippen molar-refractivity contribution >= 4 is 76.0 Å². The number of carboxylic acid groups (broad SMARTS) is 2. The Bertz CT molecular complexity index is 2770.